The van der Waals surface area contributed by atoms with Gasteiger partial charge in [-0.25, -0.2) is 0 Å². The molecule has 0 spiro atoms. The molecule has 0 fully saturated rings. The Morgan fingerprint density at radius 2 is 1.44 bits per heavy atom. The minimum absolute atomic E-state index is 0.0511. The van der Waals surface area contributed by atoms with Gasteiger partial charge in [-0.05, 0) is 17.7 Å². The third-order valence-corrected chi connectivity index (χ3v) is 2.31. The number of rotatable bonds is 4. The first kappa shape index (κ1) is 14.4. The number of alkyl halides is 3. The first-order valence-electron chi connectivity index (χ1n) is 4.89. The third kappa shape index (κ3) is 2.79. The Morgan fingerprint density at radius 3 is 1.72 bits per heavy atom. The van der Waals surface area contributed by atoms with E-state index in [0.29, 0.717) is 0 Å². The summed E-state index contributed by atoms with van der Waals surface area (Å²) in [4.78, 5) is 0. The number of methoxy groups -OCH3 is 3. The molecular formula is C11H13F3O4. The van der Waals surface area contributed by atoms with E-state index in [1.165, 1.54) is 21.3 Å². The van der Waals surface area contributed by atoms with Crippen LogP contribution in [0.1, 0.15) is 11.7 Å². The van der Waals surface area contributed by atoms with Crippen LogP contribution in [0.3, 0.4) is 0 Å². The van der Waals surface area contributed by atoms with Crippen LogP contribution in [0.2, 0.25) is 0 Å². The van der Waals surface area contributed by atoms with Crippen LogP contribution in [0.4, 0.5) is 13.2 Å². The van der Waals surface area contributed by atoms with Crippen molar-refractivity contribution in [3.63, 3.8) is 0 Å². The van der Waals surface area contributed by atoms with Gasteiger partial charge in [0.15, 0.2) is 17.6 Å². The standard InChI is InChI=1S/C11H13F3O4/c1-16-7-4-6(10(15)11(12,13)14)5-8(17-2)9(7)18-3/h4-5,10,15H,1-3H3/t10-/m1/s1. The second kappa shape index (κ2) is 5.34. The Balaban J connectivity index is 3.32. The van der Waals surface area contributed by atoms with Gasteiger partial charge in [0.1, 0.15) is 0 Å². The van der Waals surface area contributed by atoms with Crippen LogP contribution in [0.15, 0.2) is 12.1 Å². The summed E-state index contributed by atoms with van der Waals surface area (Å²) in [6, 6.07) is 2.11. The second-order valence-corrected chi connectivity index (χ2v) is 3.40. The summed E-state index contributed by atoms with van der Waals surface area (Å²) in [7, 11) is 3.89. The maximum atomic E-state index is 12.4. The van der Waals surface area contributed by atoms with Gasteiger partial charge in [-0.1, -0.05) is 0 Å². The maximum absolute atomic E-state index is 12.4. The van der Waals surface area contributed by atoms with Crippen LogP contribution in [0, 0.1) is 0 Å². The molecule has 0 aromatic heterocycles. The van der Waals surface area contributed by atoms with Gasteiger partial charge in [0.25, 0.3) is 0 Å². The average Bonchev–Trinajstić information content (AvgIpc) is 2.34. The van der Waals surface area contributed by atoms with Crippen LogP contribution >= 0.6 is 0 Å². The van der Waals surface area contributed by atoms with E-state index in [2.05, 4.69) is 0 Å². The van der Waals surface area contributed by atoms with Gasteiger partial charge in [0.2, 0.25) is 5.75 Å². The topological polar surface area (TPSA) is 47.9 Å². The summed E-state index contributed by atoms with van der Waals surface area (Å²) in [5.41, 5.74) is -0.378. The Bertz CT molecular complexity index is 392. The first-order chi connectivity index (χ1) is 8.35. The van der Waals surface area contributed by atoms with Gasteiger partial charge < -0.3 is 19.3 Å². The van der Waals surface area contributed by atoms with Crippen molar-refractivity contribution in [2.75, 3.05) is 21.3 Å². The predicted molar refractivity (Wildman–Crippen MR) is 57.1 cm³/mol. The lowest BCUT2D eigenvalue weighted by Gasteiger charge is -2.18. The predicted octanol–water partition coefficient (Wildman–Crippen LogP) is 2.31. The summed E-state index contributed by atoms with van der Waals surface area (Å²) in [5, 5.41) is 9.18. The molecule has 1 N–H and O–H groups in total. The van der Waals surface area contributed by atoms with Gasteiger partial charge >= 0.3 is 6.18 Å². The lowest BCUT2D eigenvalue weighted by atomic mass is 10.1. The van der Waals surface area contributed by atoms with Crippen LogP contribution < -0.4 is 14.2 Å². The van der Waals surface area contributed by atoms with Gasteiger partial charge in [0, 0.05) is 0 Å². The molecule has 18 heavy (non-hydrogen) atoms. The van der Waals surface area contributed by atoms with Gasteiger partial charge in [-0.2, -0.15) is 13.2 Å². The van der Waals surface area contributed by atoms with Crippen LogP contribution in [0.25, 0.3) is 0 Å². The van der Waals surface area contributed by atoms with Crippen molar-refractivity contribution < 1.29 is 32.5 Å². The van der Waals surface area contributed by atoms with Gasteiger partial charge in [-0.3, -0.25) is 0 Å². The minimum Gasteiger partial charge on any atom is -0.493 e. The van der Waals surface area contributed by atoms with E-state index < -0.39 is 12.3 Å². The Labute approximate surface area is 102 Å². The molecule has 0 amide bonds. The third-order valence-electron chi connectivity index (χ3n) is 2.31. The van der Waals surface area contributed by atoms with E-state index in [1.54, 1.807) is 0 Å². The molecule has 1 atom stereocenters. The summed E-state index contributed by atoms with van der Waals surface area (Å²) < 4.78 is 52.0. The number of hydrogen-bond acceptors (Lipinski definition) is 4. The molecule has 0 bridgehead atoms. The number of aliphatic hydroxyl groups is 1. The largest absolute Gasteiger partial charge is 0.493 e. The lowest BCUT2D eigenvalue weighted by Crippen LogP contribution is -2.20. The lowest BCUT2D eigenvalue weighted by molar-refractivity contribution is -0.206. The monoisotopic (exact) mass is 266 g/mol. The van der Waals surface area contributed by atoms with Gasteiger partial charge in [-0.15, -0.1) is 0 Å². The van der Waals surface area contributed by atoms with E-state index >= 15 is 0 Å². The number of benzene rings is 1. The van der Waals surface area contributed by atoms with E-state index in [0.717, 1.165) is 12.1 Å². The van der Waals surface area contributed by atoms with Crippen LogP contribution in [-0.2, 0) is 0 Å². The summed E-state index contributed by atoms with van der Waals surface area (Å²) >= 11 is 0. The zero-order chi connectivity index (χ0) is 13.9. The normalized spacial score (nSPS) is 13.1. The van der Waals surface area contributed by atoms with Crippen molar-refractivity contribution in [2.24, 2.45) is 0 Å². The summed E-state index contributed by atoms with van der Waals surface area (Å²) in [5.74, 6) is 0.267. The molecule has 0 aliphatic heterocycles. The van der Waals surface area contributed by atoms with Crippen molar-refractivity contribution in [1.29, 1.82) is 0 Å². The fourth-order valence-electron chi connectivity index (χ4n) is 1.45. The first-order valence-corrected chi connectivity index (χ1v) is 4.89. The number of ether oxygens (including phenoxy) is 3. The van der Waals surface area contributed by atoms with E-state index in [-0.39, 0.29) is 22.8 Å². The molecule has 0 radical (unpaired) electrons. The number of hydrogen-bond donors (Lipinski definition) is 1. The Morgan fingerprint density at radius 1 is 1.00 bits per heavy atom. The van der Waals surface area contributed by atoms with E-state index in [9.17, 15) is 18.3 Å². The molecule has 7 heteroatoms. The fourth-order valence-corrected chi connectivity index (χ4v) is 1.45. The highest BCUT2D eigenvalue weighted by Gasteiger charge is 2.40. The molecule has 1 rings (SSSR count). The highest BCUT2D eigenvalue weighted by molar-refractivity contribution is 5.54. The average molecular weight is 266 g/mol. The molecule has 102 valence electrons. The Kier molecular flexibility index (Phi) is 4.28. The van der Waals surface area contributed by atoms with Crippen molar-refractivity contribution in [3.8, 4) is 17.2 Å². The molecule has 0 saturated carbocycles. The van der Waals surface area contributed by atoms with Crippen molar-refractivity contribution in [3.05, 3.63) is 17.7 Å². The molecule has 0 aliphatic rings. The number of aliphatic hydroxyl groups excluding tert-OH is 1. The van der Waals surface area contributed by atoms with Crippen molar-refractivity contribution >= 4 is 0 Å². The minimum atomic E-state index is -4.76. The highest BCUT2D eigenvalue weighted by Crippen LogP contribution is 2.42. The molecule has 0 aliphatic carbocycles. The van der Waals surface area contributed by atoms with Gasteiger partial charge in [0.05, 0.1) is 21.3 Å². The van der Waals surface area contributed by atoms with Crippen molar-refractivity contribution in [1.82, 2.24) is 0 Å². The highest BCUT2D eigenvalue weighted by atomic mass is 19.4. The quantitative estimate of drug-likeness (QED) is 0.908. The van der Waals surface area contributed by atoms with Crippen LogP contribution in [0.5, 0.6) is 17.2 Å². The fraction of sp³-hybridized carbons (Fsp3) is 0.455. The molecule has 0 saturated heterocycles. The maximum Gasteiger partial charge on any atom is 0.418 e. The number of halogens is 3. The SMILES string of the molecule is COc1cc([C@@H](O)C(F)(F)F)cc(OC)c1OC. The molecule has 1 aromatic carbocycles. The Hall–Kier alpha value is -1.63. The van der Waals surface area contributed by atoms with Crippen LogP contribution in [-0.4, -0.2) is 32.6 Å². The molecule has 0 unspecified atom stereocenters. The smallest absolute Gasteiger partial charge is 0.418 e. The molecule has 1 aromatic rings. The molecular weight excluding hydrogens is 253 g/mol. The zero-order valence-corrected chi connectivity index (χ0v) is 10.0. The summed E-state index contributed by atoms with van der Waals surface area (Å²) in [6.07, 6.45) is -7.36. The summed E-state index contributed by atoms with van der Waals surface area (Å²) in [6.45, 7) is 0. The zero-order valence-electron chi connectivity index (χ0n) is 10.0. The second-order valence-electron chi connectivity index (χ2n) is 3.40. The van der Waals surface area contributed by atoms with E-state index in [1.807, 2.05) is 0 Å². The molecule has 0 heterocycles. The van der Waals surface area contributed by atoms with E-state index in [4.69, 9.17) is 14.2 Å². The van der Waals surface area contributed by atoms with Crippen molar-refractivity contribution in [2.45, 2.75) is 12.3 Å². The molecule has 4 nitrogen and oxygen atoms in total.